The van der Waals surface area contributed by atoms with E-state index < -0.39 is 22.2 Å². The molecule has 0 aromatic heterocycles. The van der Waals surface area contributed by atoms with Crippen LogP contribution in [0.25, 0.3) is 0 Å². The maximum Gasteiger partial charge on any atom is 0.336 e. The molecule has 0 aromatic carbocycles. The lowest BCUT2D eigenvalue weighted by Gasteiger charge is -2.08. The Morgan fingerprint density at radius 1 is 1.50 bits per heavy atom. The van der Waals surface area contributed by atoms with Gasteiger partial charge >= 0.3 is 5.97 Å². The molecule has 0 aliphatic heterocycles. The number of carbonyl (C=O) groups excluding carboxylic acids is 1. The maximum atomic E-state index is 10.8. The Hall–Kier alpha value is -0.620. The molecule has 0 amide bonds. The van der Waals surface area contributed by atoms with Gasteiger partial charge < -0.3 is 4.74 Å². The third-order valence-corrected chi connectivity index (χ3v) is 2.47. The van der Waals surface area contributed by atoms with Crippen LogP contribution in [0.1, 0.15) is 13.8 Å². The zero-order valence-corrected chi connectivity index (χ0v) is 8.05. The van der Waals surface area contributed by atoms with Gasteiger partial charge in [0.2, 0.25) is 0 Å². The summed E-state index contributed by atoms with van der Waals surface area (Å²) in [5.74, 6) is -0.860. The lowest BCUT2D eigenvalue weighted by atomic mass is 10.4. The highest BCUT2D eigenvalue weighted by Gasteiger charge is 2.20. The summed E-state index contributed by atoms with van der Waals surface area (Å²) in [6.07, 6.45) is -1.07. The molecule has 0 aliphatic carbocycles. The molecule has 0 saturated heterocycles. The number of esters is 1. The highest BCUT2D eigenvalue weighted by atomic mass is 32.2. The number of methoxy groups -OCH3 is 1. The zero-order valence-electron chi connectivity index (χ0n) is 7.23. The summed E-state index contributed by atoms with van der Waals surface area (Å²) in [5, 5.41) is 0. The average molecular weight is 196 g/mol. The molecule has 12 heavy (non-hydrogen) atoms. The minimum absolute atomic E-state index is 0.158. The number of hydrogen-bond acceptors (Lipinski definition) is 5. The Labute approximate surface area is 71.8 Å². The van der Waals surface area contributed by atoms with Crippen molar-refractivity contribution in [2.24, 2.45) is 0 Å². The van der Waals surface area contributed by atoms with Crippen LogP contribution in [0, 0.1) is 0 Å². The summed E-state index contributed by atoms with van der Waals surface area (Å²) >= 11 is 0. The van der Waals surface area contributed by atoms with Gasteiger partial charge in [0.05, 0.1) is 12.9 Å². The van der Waals surface area contributed by atoms with Crippen LogP contribution in [0.15, 0.2) is 0 Å². The Morgan fingerprint density at radius 2 is 2.00 bits per heavy atom. The minimum atomic E-state index is -3.57. The quantitative estimate of drug-likeness (QED) is 0.464. The second-order valence-corrected chi connectivity index (χ2v) is 3.99. The van der Waals surface area contributed by atoms with Crippen LogP contribution in [0.4, 0.5) is 0 Å². The monoisotopic (exact) mass is 196 g/mol. The molecule has 0 N–H and O–H groups in total. The Bertz CT molecular complexity index is 243. The Balaban J connectivity index is 4.19. The molecular weight excluding hydrogens is 184 g/mol. The highest BCUT2D eigenvalue weighted by Crippen LogP contribution is 2.01. The lowest BCUT2D eigenvalue weighted by Crippen LogP contribution is -2.26. The van der Waals surface area contributed by atoms with E-state index in [1.807, 2.05) is 0 Å². The molecule has 1 unspecified atom stereocenters. The van der Waals surface area contributed by atoms with E-state index in [-0.39, 0.29) is 5.75 Å². The fraction of sp³-hybridized carbons (Fsp3) is 0.833. The molecule has 0 fully saturated rings. The van der Waals surface area contributed by atoms with E-state index in [9.17, 15) is 13.2 Å². The normalized spacial score (nSPS) is 13.9. The summed E-state index contributed by atoms with van der Waals surface area (Å²) in [5.41, 5.74) is 0. The second kappa shape index (κ2) is 4.42. The molecule has 0 spiro atoms. The topological polar surface area (TPSA) is 69.7 Å². The molecule has 0 rings (SSSR count). The van der Waals surface area contributed by atoms with Crippen molar-refractivity contribution in [1.29, 1.82) is 0 Å². The summed E-state index contributed by atoms with van der Waals surface area (Å²) in [4.78, 5) is 10.7. The van der Waals surface area contributed by atoms with Crippen LogP contribution in [0.3, 0.4) is 0 Å². The largest absolute Gasteiger partial charge is 0.467 e. The standard InChI is InChI=1S/C6H12O5S/c1-4-12(8,9)11-5(2)6(7)10-3/h5H,4H2,1-3H3. The highest BCUT2D eigenvalue weighted by molar-refractivity contribution is 7.86. The van der Waals surface area contributed by atoms with Crippen LogP contribution in [-0.4, -0.2) is 33.4 Å². The van der Waals surface area contributed by atoms with Crippen molar-refractivity contribution in [1.82, 2.24) is 0 Å². The first-order chi connectivity index (χ1) is 5.43. The maximum absolute atomic E-state index is 10.8. The third-order valence-electron chi connectivity index (χ3n) is 1.18. The number of carbonyl (C=O) groups is 1. The van der Waals surface area contributed by atoms with Gasteiger partial charge in [-0.2, -0.15) is 8.42 Å². The predicted molar refractivity (Wildman–Crippen MR) is 42.0 cm³/mol. The molecule has 0 radical (unpaired) electrons. The van der Waals surface area contributed by atoms with Crippen LogP contribution >= 0.6 is 0 Å². The van der Waals surface area contributed by atoms with Crippen molar-refractivity contribution in [3.05, 3.63) is 0 Å². The Morgan fingerprint density at radius 3 is 2.33 bits per heavy atom. The molecule has 0 bridgehead atoms. The molecule has 0 heterocycles. The summed E-state index contributed by atoms with van der Waals surface area (Å²) in [7, 11) is -2.41. The van der Waals surface area contributed by atoms with Gasteiger partial charge in [0.1, 0.15) is 0 Å². The van der Waals surface area contributed by atoms with Gasteiger partial charge in [-0.25, -0.2) is 4.79 Å². The van der Waals surface area contributed by atoms with Crippen LogP contribution in [0.5, 0.6) is 0 Å². The van der Waals surface area contributed by atoms with Crippen molar-refractivity contribution in [2.45, 2.75) is 20.0 Å². The first-order valence-electron chi connectivity index (χ1n) is 3.41. The van der Waals surface area contributed by atoms with Gasteiger partial charge in [0, 0.05) is 0 Å². The van der Waals surface area contributed by atoms with Crippen molar-refractivity contribution in [3.63, 3.8) is 0 Å². The summed E-state index contributed by atoms with van der Waals surface area (Å²) < 4.78 is 30.3. The van der Waals surface area contributed by atoms with Gasteiger partial charge in [-0.1, -0.05) is 0 Å². The van der Waals surface area contributed by atoms with Gasteiger partial charge in [-0.3, -0.25) is 4.18 Å². The fourth-order valence-electron chi connectivity index (χ4n) is 0.493. The number of hydrogen-bond donors (Lipinski definition) is 0. The van der Waals surface area contributed by atoms with Crippen molar-refractivity contribution >= 4 is 16.1 Å². The molecule has 72 valence electrons. The van der Waals surface area contributed by atoms with Crippen molar-refractivity contribution < 1.29 is 22.1 Å². The van der Waals surface area contributed by atoms with Gasteiger partial charge in [-0.05, 0) is 13.8 Å². The molecule has 0 aliphatic rings. The molecule has 6 heteroatoms. The Kier molecular flexibility index (Phi) is 4.19. The van der Waals surface area contributed by atoms with E-state index >= 15 is 0 Å². The molecular formula is C6H12O5S. The number of rotatable bonds is 4. The molecule has 0 saturated carbocycles. The van der Waals surface area contributed by atoms with E-state index in [1.165, 1.54) is 21.0 Å². The first kappa shape index (κ1) is 11.4. The van der Waals surface area contributed by atoms with Crippen LogP contribution in [-0.2, 0) is 23.8 Å². The van der Waals surface area contributed by atoms with Crippen molar-refractivity contribution in [2.75, 3.05) is 12.9 Å². The molecule has 0 aromatic rings. The zero-order chi connectivity index (χ0) is 9.78. The fourth-order valence-corrected chi connectivity index (χ4v) is 1.15. The smallest absolute Gasteiger partial charge is 0.336 e. The van der Waals surface area contributed by atoms with E-state index in [1.54, 1.807) is 0 Å². The van der Waals surface area contributed by atoms with Gasteiger partial charge in [-0.15, -0.1) is 0 Å². The lowest BCUT2D eigenvalue weighted by molar-refractivity contribution is -0.147. The molecule has 5 nitrogen and oxygen atoms in total. The van der Waals surface area contributed by atoms with Crippen LogP contribution < -0.4 is 0 Å². The van der Waals surface area contributed by atoms with E-state index in [2.05, 4.69) is 8.92 Å². The first-order valence-corrected chi connectivity index (χ1v) is 4.99. The average Bonchev–Trinajstić information content (AvgIpc) is 2.02. The second-order valence-electron chi connectivity index (χ2n) is 2.11. The predicted octanol–water partition coefficient (Wildman–Crippen LogP) is -0.0858. The van der Waals surface area contributed by atoms with E-state index in [0.29, 0.717) is 0 Å². The summed E-state index contributed by atoms with van der Waals surface area (Å²) in [6, 6.07) is 0. The van der Waals surface area contributed by atoms with E-state index in [4.69, 9.17) is 0 Å². The van der Waals surface area contributed by atoms with Gasteiger partial charge in [0.25, 0.3) is 10.1 Å². The SMILES string of the molecule is CCS(=O)(=O)OC(C)C(=O)OC. The summed E-state index contributed by atoms with van der Waals surface area (Å²) in [6.45, 7) is 2.75. The minimum Gasteiger partial charge on any atom is -0.467 e. The number of ether oxygens (including phenoxy) is 1. The van der Waals surface area contributed by atoms with Crippen LogP contribution in [0.2, 0.25) is 0 Å². The third kappa shape index (κ3) is 3.68. The molecule has 1 atom stereocenters. The van der Waals surface area contributed by atoms with Crippen molar-refractivity contribution in [3.8, 4) is 0 Å². The van der Waals surface area contributed by atoms with E-state index in [0.717, 1.165) is 0 Å². The van der Waals surface area contributed by atoms with Gasteiger partial charge in [0.15, 0.2) is 6.10 Å².